The highest BCUT2D eigenvalue weighted by molar-refractivity contribution is 6.03. The van der Waals surface area contributed by atoms with E-state index in [2.05, 4.69) is 27.5 Å². The van der Waals surface area contributed by atoms with E-state index < -0.39 is 11.5 Å². The average molecular weight is 761 g/mol. The van der Waals surface area contributed by atoms with Crippen LogP contribution in [0.4, 0.5) is 5.82 Å². The number of anilines is 1. The maximum absolute atomic E-state index is 13.0. The van der Waals surface area contributed by atoms with Gasteiger partial charge in [-0.3, -0.25) is 38.8 Å². The highest BCUT2D eigenvalue weighted by Crippen LogP contribution is 2.37. The molecule has 0 spiro atoms. The van der Waals surface area contributed by atoms with Crippen molar-refractivity contribution in [3.8, 4) is 34.4 Å². The predicted molar refractivity (Wildman–Crippen MR) is 213 cm³/mol. The smallest absolute Gasteiger partial charge is 0.328 e. The lowest BCUT2D eigenvalue weighted by Crippen LogP contribution is -2.60. The molecule has 2 aliphatic rings. The largest absolute Gasteiger partial charge is 0.464 e. The lowest BCUT2D eigenvalue weighted by atomic mass is 9.90. The summed E-state index contributed by atoms with van der Waals surface area (Å²) >= 11 is 0. The third-order valence-electron chi connectivity index (χ3n) is 10.7. The molecule has 14 nitrogen and oxygen atoms in total. The summed E-state index contributed by atoms with van der Waals surface area (Å²) in [5.41, 5.74) is 5.68. The quantitative estimate of drug-likeness (QED) is 0.165. The van der Waals surface area contributed by atoms with Gasteiger partial charge in [0.2, 0.25) is 11.8 Å². The maximum atomic E-state index is 13.0. The van der Waals surface area contributed by atoms with E-state index in [9.17, 15) is 24.3 Å². The third-order valence-corrected chi connectivity index (χ3v) is 10.7. The Balaban J connectivity index is 0.905. The van der Waals surface area contributed by atoms with E-state index in [4.69, 9.17) is 14.4 Å². The zero-order valence-corrected chi connectivity index (χ0v) is 31.3. The number of aromatic nitrogens is 5. The van der Waals surface area contributed by atoms with Crippen LogP contribution >= 0.6 is 0 Å². The van der Waals surface area contributed by atoms with Gasteiger partial charge in [0.05, 0.1) is 41.2 Å². The zero-order valence-electron chi connectivity index (χ0n) is 31.3. The topological polar surface area (TPSA) is 177 Å². The lowest BCUT2D eigenvalue weighted by molar-refractivity contribution is -0.134. The van der Waals surface area contributed by atoms with Crippen LogP contribution in [0.3, 0.4) is 0 Å². The fraction of sp³-hybridized carbons (Fsp3) is 0.233. The van der Waals surface area contributed by atoms with Crippen molar-refractivity contribution in [3.05, 3.63) is 107 Å². The summed E-state index contributed by atoms with van der Waals surface area (Å²) in [4.78, 5) is 66.1. The number of hydrogen-bond acceptors (Lipinski definition) is 10. The number of fused-ring (bicyclic) bond motifs is 3. The number of hydrogen-bond donors (Lipinski definition) is 3. The number of imide groups is 1. The fourth-order valence-corrected chi connectivity index (χ4v) is 7.78. The molecule has 5 aromatic heterocycles. The van der Waals surface area contributed by atoms with Crippen LogP contribution in [0.25, 0.3) is 55.3 Å². The van der Waals surface area contributed by atoms with Gasteiger partial charge in [-0.1, -0.05) is 30.0 Å². The van der Waals surface area contributed by atoms with Crippen molar-refractivity contribution < 1.29 is 23.9 Å². The number of carbonyl (C=O) groups is 3. The Morgan fingerprint density at radius 1 is 1.00 bits per heavy atom. The number of imidazole rings is 1. The molecule has 3 N–H and O–H groups in total. The minimum absolute atomic E-state index is 0.0863. The summed E-state index contributed by atoms with van der Waals surface area (Å²) in [7, 11) is 3.47. The van der Waals surface area contributed by atoms with Crippen molar-refractivity contribution in [2.24, 2.45) is 14.1 Å². The summed E-state index contributed by atoms with van der Waals surface area (Å²) in [5.74, 6) is 5.21. The summed E-state index contributed by atoms with van der Waals surface area (Å²) in [6.07, 6.45) is 5.65. The van der Waals surface area contributed by atoms with Gasteiger partial charge in [-0.15, -0.1) is 0 Å². The van der Waals surface area contributed by atoms with Crippen LogP contribution in [-0.4, -0.2) is 72.1 Å². The Hall–Kier alpha value is -7.11. The van der Waals surface area contributed by atoms with Crippen LogP contribution in [0.2, 0.25) is 0 Å². The van der Waals surface area contributed by atoms with Gasteiger partial charge in [-0.2, -0.15) is 0 Å². The molecule has 284 valence electrons. The molecular weight excluding hydrogens is 725 g/mol. The number of pyridine rings is 3. The Kier molecular flexibility index (Phi) is 8.47. The highest BCUT2D eigenvalue weighted by atomic mass is 16.3. The minimum atomic E-state index is -0.823. The SMILES string of the molecule is Cn1c(=O)n(C)c2c(N3CC(C)(O)C3)nc(-c3cccc4cc(-c5ccc(C(=O)NCC#Cc6ccc7occ(C8CCC(=O)NC8=O)c7c6)nc5)ncc34)cc21. The first kappa shape index (κ1) is 35.6. The van der Waals surface area contributed by atoms with E-state index in [0.29, 0.717) is 58.9 Å². The van der Waals surface area contributed by atoms with Gasteiger partial charge in [0.1, 0.15) is 16.8 Å². The second-order valence-electron chi connectivity index (χ2n) is 14.9. The van der Waals surface area contributed by atoms with Gasteiger partial charge in [0.15, 0.2) is 5.82 Å². The average Bonchev–Trinajstić information content (AvgIpc) is 3.71. The Morgan fingerprint density at radius 3 is 2.61 bits per heavy atom. The third kappa shape index (κ3) is 6.37. The summed E-state index contributed by atoms with van der Waals surface area (Å²) in [5, 5.41) is 18.2. The van der Waals surface area contributed by atoms with Crippen molar-refractivity contribution in [1.29, 1.82) is 0 Å². The van der Waals surface area contributed by atoms with Crippen LogP contribution in [0.5, 0.6) is 0 Å². The van der Waals surface area contributed by atoms with Gasteiger partial charge in [0, 0.05) is 79.0 Å². The lowest BCUT2D eigenvalue weighted by Gasteiger charge is -2.45. The normalized spacial score (nSPS) is 16.4. The molecule has 0 bridgehead atoms. The maximum Gasteiger partial charge on any atom is 0.328 e. The molecular formula is C43H36N8O6. The first-order valence-electron chi connectivity index (χ1n) is 18.5. The first-order chi connectivity index (χ1) is 27.4. The van der Waals surface area contributed by atoms with Crippen LogP contribution in [0, 0.1) is 11.8 Å². The standard InChI is InChI=1S/C43H36N8O6/c1-43(56)22-51(23-43)39-38-35(49(2)42(55)50(38)3)18-34(47-39)27-8-4-7-25-17-33(46-20-30(25)27)26-10-12-32(45-19-26)41(54)44-15-5-6-24-9-13-36-29(16-24)31(21-57-36)28-11-14-37(52)48-40(28)53/h4,7-10,12-13,16-21,28,56H,11,14-15,22-23H2,1-3H3,(H,44,54)(H,48,52,53). The number of carbonyl (C=O) groups excluding carboxylic acids is 3. The number of benzene rings is 2. The van der Waals surface area contributed by atoms with Gasteiger partial charge < -0.3 is 19.7 Å². The molecule has 2 aliphatic heterocycles. The second kappa shape index (κ2) is 13.6. The fourth-order valence-electron chi connectivity index (χ4n) is 7.78. The highest BCUT2D eigenvalue weighted by Gasteiger charge is 2.39. The van der Waals surface area contributed by atoms with E-state index in [1.807, 2.05) is 41.3 Å². The molecule has 0 radical (unpaired) electrons. The molecule has 14 heteroatoms. The molecule has 0 aliphatic carbocycles. The number of aliphatic hydroxyl groups is 1. The molecule has 1 atom stereocenters. The van der Waals surface area contributed by atoms with Crippen LogP contribution in [0.15, 0.2) is 88.5 Å². The van der Waals surface area contributed by atoms with Crippen molar-refractivity contribution in [1.82, 2.24) is 34.7 Å². The molecule has 1 unspecified atom stereocenters. The molecule has 9 rings (SSSR count). The van der Waals surface area contributed by atoms with E-state index >= 15 is 0 Å². The van der Waals surface area contributed by atoms with E-state index in [0.717, 1.165) is 32.8 Å². The van der Waals surface area contributed by atoms with Crippen LogP contribution < -0.4 is 21.2 Å². The van der Waals surface area contributed by atoms with Gasteiger partial charge in [-0.25, -0.2) is 9.78 Å². The number of rotatable bonds is 6. The number of piperidine rings is 1. The van der Waals surface area contributed by atoms with Crippen molar-refractivity contribution in [3.63, 3.8) is 0 Å². The second-order valence-corrected chi connectivity index (χ2v) is 14.9. The van der Waals surface area contributed by atoms with E-state index in [1.165, 1.54) is 0 Å². The van der Waals surface area contributed by atoms with Crippen molar-refractivity contribution in [2.45, 2.75) is 31.3 Å². The van der Waals surface area contributed by atoms with E-state index in [-0.39, 0.29) is 42.1 Å². The number of β-amino-alcohol motifs (C(OH)–C–C–N with tert-alkyl or cyclic N) is 1. The molecule has 2 aromatic carbocycles. The number of amides is 3. The number of aryl methyl sites for hydroxylation is 2. The Labute approximate surface area is 325 Å². The number of nitrogens with zero attached hydrogens (tertiary/aromatic N) is 6. The molecule has 57 heavy (non-hydrogen) atoms. The predicted octanol–water partition coefficient (Wildman–Crippen LogP) is 4.17. The van der Waals surface area contributed by atoms with Gasteiger partial charge >= 0.3 is 5.69 Å². The van der Waals surface area contributed by atoms with Gasteiger partial charge in [-0.05, 0) is 61.2 Å². The molecule has 3 amide bonds. The number of nitrogens with one attached hydrogen (secondary N) is 2. The zero-order chi connectivity index (χ0) is 39.6. The monoisotopic (exact) mass is 760 g/mol. The Bertz CT molecular complexity index is 2940. The molecule has 2 fully saturated rings. The Morgan fingerprint density at radius 2 is 1.84 bits per heavy atom. The van der Waals surface area contributed by atoms with Crippen LogP contribution in [0.1, 0.15) is 47.3 Å². The molecule has 7 heterocycles. The summed E-state index contributed by atoms with van der Waals surface area (Å²) < 4.78 is 8.86. The summed E-state index contributed by atoms with van der Waals surface area (Å²) in [6.45, 7) is 2.69. The van der Waals surface area contributed by atoms with Gasteiger partial charge in [0.25, 0.3) is 5.91 Å². The summed E-state index contributed by atoms with van der Waals surface area (Å²) in [6, 6.07) is 18.7. The molecule has 0 saturated carbocycles. The number of furan rings is 1. The molecule has 2 saturated heterocycles. The van der Waals surface area contributed by atoms with Crippen LogP contribution in [-0.2, 0) is 23.7 Å². The minimum Gasteiger partial charge on any atom is -0.464 e. The van der Waals surface area contributed by atoms with Crippen molar-refractivity contribution in [2.75, 3.05) is 24.5 Å². The molecule has 7 aromatic rings. The van der Waals surface area contributed by atoms with Crippen molar-refractivity contribution >= 4 is 56.3 Å². The van der Waals surface area contributed by atoms with E-state index in [1.54, 1.807) is 73.1 Å². The first-order valence-corrected chi connectivity index (χ1v) is 18.5.